The van der Waals surface area contributed by atoms with Crippen molar-refractivity contribution in [2.45, 2.75) is 32.8 Å². The van der Waals surface area contributed by atoms with Gasteiger partial charge in [-0.25, -0.2) is 0 Å². The summed E-state index contributed by atoms with van der Waals surface area (Å²) in [5, 5.41) is 9.81. The molecule has 1 aromatic rings. The number of aliphatic hydroxyl groups excluding tert-OH is 1. The van der Waals surface area contributed by atoms with Crippen molar-refractivity contribution >= 4 is 11.6 Å². The number of aliphatic hydroxyl groups is 1. The van der Waals surface area contributed by atoms with Crippen molar-refractivity contribution in [1.29, 1.82) is 0 Å². The number of nitrogens with zero attached hydrogens (tertiary/aromatic N) is 2. The predicted octanol–water partition coefficient (Wildman–Crippen LogP) is 2.43. The summed E-state index contributed by atoms with van der Waals surface area (Å²) < 4.78 is 0. The molecule has 4 heteroatoms. The van der Waals surface area contributed by atoms with Gasteiger partial charge in [-0.15, -0.1) is 0 Å². The third-order valence-electron chi connectivity index (χ3n) is 3.35. The van der Waals surface area contributed by atoms with Crippen LogP contribution in [0.2, 0.25) is 0 Å². The number of hydrogen-bond donors (Lipinski definition) is 1. The monoisotopic (exact) mass is 278 g/mol. The Balaban J connectivity index is 2.83. The van der Waals surface area contributed by atoms with Gasteiger partial charge >= 0.3 is 0 Å². The van der Waals surface area contributed by atoms with Crippen molar-refractivity contribution in [3.63, 3.8) is 0 Å². The zero-order chi connectivity index (χ0) is 15.1. The summed E-state index contributed by atoms with van der Waals surface area (Å²) in [7, 11) is 3.54. The second kappa shape index (κ2) is 7.90. The van der Waals surface area contributed by atoms with Crippen LogP contribution >= 0.6 is 0 Å². The molecule has 0 saturated carbocycles. The van der Waals surface area contributed by atoms with Crippen LogP contribution in [0.5, 0.6) is 0 Å². The highest BCUT2D eigenvalue weighted by Crippen LogP contribution is 2.21. The van der Waals surface area contributed by atoms with E-state index in [1.54, 1.807) is 19.0 Å². The van der Waals surface area contributed by atoms with Crippen LogP contribution < -0.4 is 4.90 Å². The summed E-state index contributed by atoms with van der Waals surface area (Å²) in [5.74, 6) is 0.0936. The largest absolute Gasteiger partial charge is 0.388 e. The van der Waals surface area contributed by atoms with Gasteiger partial charge in [-0.1, -0.05) is 26.0 Å². The molecule has 112 valence electrons. The number of anilines is 1. The Labute approximate surface area is 122 Å². The molecule has 0 heterocycles. The lowest BCUT2D eigenvalue weighted by atomic mass is 10.1. The maximum Gasteiger partial charge on any atom is 0.241 e. The minimum atomic E-state index is -0.410. The number of amides is 1. The third-order valence-corrected chi connectivity index (χ3v) is 3.35. The Hall–Kier alpha value is -1.55. The van der Waals surface area contributed by atoms with Crippen molar-refractivity contribution < 1.29 is 9.90 Å². The van der Waals surface area contributed by atoms with Gasteiger partial charge in [0, 0.05) is 26.3 Å². The van der Waals surface area contributed by atoms with Crippen LogP contribution in [0, 0.1) is 0 Å². The van der Waals surface area contributed by atoms with Gasteiger partial charge in [-0.2, -0.15) is 0 Å². The van der Waals surface area contributed by atoms with E-state index in [-0.39, 0.29) is 5.91 Å². The van der Waals surface area contributed by atoms with E-state index < -0.39 is 6.10 Å². The molecule has 0 aliphatic heterocycles. The first-order valence-electron chi connectivity index (χ1n) is 7.22. The molecule has 1 rings (SSSR count). The normalized spacial score (nSPS) is 12.1. The molecule has 0 aliphatic rings. The van der Waals surface area contributed by atoms with Crippen LogP contribution in [0.3, 0.4) is 0 Å². The quantitative estimate of drug-likeness (QED) is 0.833. The molecule has 0 spiro atoms. The fraction of sp³-hybridized carbons (Fsp3) is 0.562. The van der Waals surface area contributed by atoms with E-state index in [2.05, 4.69) is 11.8 Å². The maximum absolute atomic E-state index is 11.9. The number of benzene rings is 1. The fourth-order valence-electron chi connectivity index (χ4n) is 2.02. The summed E-state index contributed by atoms with van der Waals surface area (Å²) in [4.78, 5) is 15.5. The minimum absolute atomic E-state index is 0.0936. The first-order valence-corrected chi connectivity index (χ1v) is 7.22. The molecule has 0 aromatic heterocycles. The molecule has 1 aromatic carbocycles. The molecule has 0 unspecified atom stereocenters. The van der Waals surface area contributed by atoms with Crippen LogP contribution in [0.1, 0.15) is 38.4 Å². The zero-order valence-corrected chi connectivity index (χ0v) is 13.0. The highest BCUT2D eigenvalue weighted by molar-refractivity contribution is 5.81. The molecule has 0 fully saturated rings. The van der Waals surface area contributed by atoms with Crippen molar-refractivity contribution in [2.75, 3.05) is 32.1 Å². The van der Waals surface area contributed by atoms with Crippen molar-refractivity contribution in [1.82, 2.24) is 4.90 Å². The number of carbonyl (C=O) groups is 1. The summed E-state index contributed by atoms with van der Waals surface area (Å²) in [5.41, 5.74) is 1.95. The summed E-state index contributed by atoms with van der Waals surface area (Å²) in [6, 6.07) is 7.83. The number of hydrogen-bond acceptors (Lipinski definition) is 3. The molecule has 1 amide bonds. The van der Waals surface area contributed by atoms with Gasteiger partial charge in [0.15, 0.2) is 0 Å². The summed E-state index contributed by atoms with van der Waals surface area (Å²) in [6.07, 6.45) is 1.28. The van der Waals surface area contributed by atoms with E-state index >= 15 is 0 Å². The minimum Gasteiger partial charge on any atom is -0.388 e. The average molecular weight is 278 g/mol. The van der Waals surface area contributed by atoms with Crippen molar-refractivity contribution in [2.24, 2.45) is 0 Å². The Morgan fingerprint density at radius 1 is 1.20 bits per heavy atom. The van der Waals surface area contributed by atoms with Gasteiger partial charge in [0.2, 0.25) is 5.91 Å². The molecule has 0 aliphatic carbocycles. The van der Waals surface area contributed by atoms with E-state index in [9.17, 15) is 9.90 Å². The van der Waals surface area contributed by atoms with Crippen LogP contribution in [-0.2, 0) is 4.79 Å². The highest BCUT2D eigenvalue weighted by atomic mass is 16.3. The van der Waals surface area contributed by atoms with Gasteiger partial charge in [0.25, 0.3) is 0 Å². The highest BCUT2D eigenvalue weighted by Gasteiger charge is 2.13. The summed E-state index contributed by atoms with van der Waals surface area (Å²) >= 11 is 0. The second-order valence-electron chi connectivity index (χ2n) is 5.23. The molecule has 1 N–H and O–H groups in total. The predicted molar refractivity (Wildman–Crippen MR) is 82.9 cm³/mol. The van der Waals surface area contributed by atoms with Crippen LogP contribution in [-0.4, -0.2) is 43.1 Å². The maximum atomic E-state index is 11.9. The molecule has 4 nitrogen and oxygen atoms in total. The smallest absolute Gasteiger partial charge is 0.241 e. The lowest BCUT2D eigenvalue weighted by molar-refractivity contribution is -0.127. The molecular weight excluding hydrogens is 252 g/mol. The zero-order valence-electron chi connectivity index (χ0n) is 13.0. The SMILES string of the molecule is CCCN(CC(=O)N(C)C)c1ccc([C@@H](O)CC)cc1. The molecule has 20 heavy (non-hydrogen) atoms. The van der Waals surface area contributed by atoms with E-state index in [0.717, 1.165) is 24.2 Å². The Bertz CT molecular complexity index is 415. The Morgan fingerprint density at radius 2 is 1.80 bits per heavy atom. The van der Waals surface area contributed by atoms with Crippen molar-refractivity contribution in [3.8, 4) is 0 Å². The first-order chi connectivity index (χ1) is 9.49. The molecule has 0 bridgehead atoms. The van der Waals surface area contributed by atoms with Crippen molar-refractivity contribution in [3.05, 3.63) is 29.8 Å². The molecular formula is C16H26N2O2. The van der Waals surface area contributed by atoms with Gasteiger partial charge in [-0.3, -0.25) is 4.79 Å². The number of likely N-dealkylation sites (N-methyl/N-ethyl adjacent to an activating group) is 1. The van der Waals surface area contributed by atoms with E-state index in [1.165, 1.54) is 0 Å². The standard InChI is InChI=1S/C16H26N2O2/c1-5-11-18(12-16(20)17(3)4)14-9-7-13(8-10-14)15(19)6-2/h7-10,15,19H,5-6,11-12H2,1-4H3/t15-/m0/s1. The lowest BCUT2D eigenvalue weighted by Crippen LogP contribution is -2.37. The molecule has 1 atom stereocenters. The van der Waals surface area contributed by atoms with E-state index in [4.69, 9.17) is 0 Å². The lowest BCUT2D eigenvalue weighted by Gasteiger charge is -2.25. The first kappa shape index (κ1) is 16.5. The Morgan fingerprint density at radius 3 is 2.25 bits per heavy atom. The molecule has 0 radical (unpaired) electrons. The second-order valence-corrected chi connectivity index (χ2v) is 5.23. The van der Waals surface area contributed by atoms with E-state index in [1.807, 2.05) is 31.2 Å². The third kappa shape index (κ3) is 4.53. The van der Waals surface area contributed by atoms with Crippen LogP contribution in [0.15, 0.2) is 24.3 Å². The van der Waals surface area contributed by atoms with Crippen LogP contribution in [0.4, 0.5) is 5.69 Å². The van der Waals surface area contributed by atoms with Gasteiger partial charge in [0.1, 0.15) is 0 Å². The Kier molecular flexibility index (Phi) is 6.52. The van der Waals surface area contributed by atoms with Gasteiger partial charge < -0.3 is 14.9 Å². The summed E-state index contributed by atoms with van der Waals surface area (Å²) in [6.45, 7) is 5.28. The van der Waals surface area contributed by atoms with Gasteiger partial charge in [0.05, 0.1) is 12.6 Å². The number of rotatable bonds is 7. The fourth-order valence-corrected chi connectivity index (χ4v) is 2.02. The van der Waals surface area contributed by atoms with Gasteiger partial charge in [-0.05, 0) is 30.5 Å². The number of carbonyl (C=O) groups excluding carboxylic acids is 1. The van der Waals surface area contributed by atoms with E-state index in [0.29, 0.717) is 13.0 Å². The topological polar surface area (TPSA) is 43.8 Å². The average Bonchev–Trinajstić information content (AvgIpc) is 2.46. The molecule has 0 saturated heterocycles. The van der Waals surface area contributed by atoms with Crippen LogP contribution in [0.25, 0.3) is 0 Å².